The summed E-state index contributed by atoms with van der Waals surface area (Å²) in [5.74, 6) is 1.07. The molecule has 1 aromatic heterocycles. The molecule has 128 valence electrons. The molecule has 0 spiro atoms. The van der Waals surface area contributed by atoms with Crippen molar-refractivity contribution in [3.8, 4) is 0 Å². The van der Waals surface area contributed by atoms with Crippen LogP contribution in [0.2, 0.25) is 0 Å². The number of benzene rings is 2. The molecule has 3 rings (SSSR count). The summed E-state index contributed by atoms with van der Waals surface area (Å²) in [7, 11) is 3.78. The molecule has 1 heterocycles. The predicted molar refractivity (Wildman–Crippen MR) is 101 cm³/mol. The predicted octanol–water partition coefficient (Wildman–Crippen LogP) is 3.06. The summed E-state index contributed by atoms with van der Waals surface area (Å²) in [6, 6.07) is 17.7. The van der Waals surface area contributed by atoms with Gasteiger partial charge in [-0.3, -0.25) is 4.79 Å². The monoisotopic (exact) mass is 336 g/mol. The number of hydrazone groups is 1. The first-order valence-corrected chi connectivity index (χ1v) is 7.93. The van der Waals surface area contributed by atoms with Crippen LogP contribution in [0.1, 0.15) is 5.76 Å². The Morgan fingerprint density at radius 2 is 1.92 bits per heavy atom. The van der Waals surface area contributed by atoms with E-state index >= 15 is 0 Å². The zero-order valence-electron chi connectivity index (χ0n) is 14.2. The fourth-order valence-electron chi connectivity index (χ4n) is 2.34. The number of amides is 1. The lowest BCUT2D eigenvalue weighted by atomic mass is 10.1. The molecular formula is C19H20N4O2. The maximum atomic E-state index is 11.9. The summed E-state index contributed by atoms with van der Waals surface area (Å²) < 4.78 is 5.51. The van der Waals surface area contributed by atoms with Crippen molar-refractivity contribution >= 4 is 34.5 Å². The van der Waals surface area contributed by atoms with Crippen molar-refractivity contribution < 1.29 is 9.21 Å². The lowest BCUT2D eigenvalue weighted by Gasteiger charge is -2.06. The molecule has 6 heteroatoms. The molecule has 0 aliphatic rings. The zero-order valence-corrected chi connectivity index (χ0v) is 14.2. The number of fused-ring (bicyclic) bond motifs is 1. The summed E-state index contributed by atoms with van der Waals surface area (Å²) in [6.07, 6.45) is 1.47. The second-order valence-corrected chi connectivity index (χ2v) is 5.78. The van der Waals surface area contributed by atoms with Gasteiger partial charge in [-0.2, -0.15) is 5.10 Å². The van der Waals surface area contributed by atoms with Gasteiger partial charge in [0, 0.05) is 25.8 Å². The topological polar surface area (TPSA) is 69.9 Å². The first kappa shape index (κ1) is 16.6. The van der Waals surface area contributed by atoms with Crippen molar-refractivity contribution in [3.05, 3.63) is 60.4 Å². The highest BCUT2D eigenvalue weighted by Gasteiger charge is 2.03. The largest absolute Gasteiger partial charge is 0.440 e. The smallest absolute Gasteiger partial charge is 0.259 e. The van der Waals surface area contributed by atoms with E-state index in [0.717, 1.165) is 22.3 Å². The number of hydrogen-bond acceptors (Lipinski definition) is 5. The molecule has 0 saturated heterocycles. The van der Waals surface area contributed by atoms with Crippen LogP contribution in [0.25, 0.3) is 10.8 Å². The van der Waals surface area contributed by atoms with E-state index in [-0.39, 0.29) is 12.5 Å². The van der Waals surface area contributed by atoms with Crippen LogP contribution in [0.3, 0.4) is 0 Å². The fraction of sp³-hybridized carbons (Fsp3) is 0.158. The van der Waals surface area contributed by atoms with Gasteiger partial charge in [0.05, 0.1) is 12.8 Å². The van der Waals surface area contributed by atoms with Crippen molar-refractivity contribution in [1.29, 1.82) is 0 Å². The Morgan fingerprint density at radius 1 is 1.12 bits per heavy atom. The van der Waals surface area contributed by atoms with Crippen LogP contribution in [0.15, 0.2) is 64.1 Å². The van der Waals surface area contributed by atoms with Crippen LogP contribution in [-0.4, -0.2) is 32.8 Å². The van der Waals surface area contributed by atoms with Gasteiger partial charge in [-0.05, 0) is 29.0 Å². The standard InChI is InChI=1S/C19H20N4O2/c1-23(2)19-10-9-17(25-19)12-21-22-18(24)13-20-16-8-7-14-5-3-4-6-15(14)11-16/h3-12,20H,13H2,1-2H3,(H,22,24)/b21-12-. The normalized spacial score (nSPS) is 11.0. The number of rotatable bonds is 6. The van der Waals surface area contributed by atoms with Crippen molar-refractivity contribution in [3.63, 3.8) is 0 Å². The molecule has 2 N–H and O–H groups in total. The second kappa shape index (κ2) is 7.53. The van der Waals surface area contributed by atoms with Gasteiger partial charge in [0.25, 0.3) is 5.91 Å². The van der Waals surface area contributed by atoms with Gasteiger partial charge in [0.2, 0.25) is 0 Å². The highest BCUT2D eigenvalue weighted by Crippen LogP contribution is 2.18. The molecule has 2 aromatic carbocycles. The molecule has 0 atom stereocenters. The second-order valence-electron chi connectivity index (χ2n) is 5.78. The van der Waals surface area contributed by atoms with Crippen LogP contribution in [-0.2, 0) is 4.79 Å². The minimum atomic E-state index is -0.233. The molecule has 25 heavy (non-hydrogen) atoms. The van der Waals surface area contributed by atoms with Crippen LogP contribution in [0.5, 0.6) is 0 Å². The van der Waals surface area contributed by atoms with Gasteiger partial charge < -0.3 is 14.6 Å². The molecule has 6 nitrogen and oxygen atoms in total. The SMILES string of the molecule is CN(C)c1ccc(/C=N\NC(=O)CNc2ccc3ccccc3c2)o1. The third-order valence-corrected chi connectivity index (χ3v) is 3.64. The van der Waals surface area contributed by atoms with Gasteiger partial charge in [-0.15, -0.1) is 0 Å². The van der Waals surface area contributed by atoms with Crippen LogP contribution < -0.4 is 15.6 Å². The lowest BCUT2D eigenvalue weighted by Crippen LogP contribution is -2.25. The molecule has 0 radical (unpaired) electrons. The molecule has 0 aliphatic heterocycles. The van der Waals surface area contributed by atoms with E-state index in [4.69, 9.17) is 4.42 Å². The van der Waals surface area contributed by atoms with Crippen LogP contribution >= 0.6 is 0 Å². The van der Waals surface area contributed by atoms with E-state index in [9.17, 15) is 4.79 Å². The summed E-state index contributed by atoms with van der Waals surface area (Å²) in [5.41, 5.74) is 3.36. The van der Waals surface area contributed by atoms with E-state index in [1.807, 2.05) is 61.5 Å². The van der Waals surface area contributed by atoms with E-state index in [2.05, 4.69) is 21.9 Å². The zero-order chi connectivity index (χ0) is 17.6. The number of nitrogens with zero attached hydrogens (tertiary/aromatic N) is 2. The molecule has 0 fully saturated rings. The Kier molecular flexibility index (Phi) is 4.99. The van der Waals surface area contributed by atoms with E-state index in [1.165, 1.54) is 6.21 Å². The van der Waals surface area contributed by atoms with Crippen LogP contribution in [0, 0.1) is 0 Å². The van der Waals surface area contributed by atoms with E-state index < -0.39 is 0 Å². The number of anilines is 2. The van der Waals surface area contributed by atoms with Crippen molar-refractivity contribution in [1.82, 2.24) is 5.43 Å². The van der Waals surface area contributed by atoms with Gasteiger partial charge >= 0.3 is 0 Å². The number of furan rings is 1. The van der Waals surface area contributed by atoms with Crippen molar-refractivity contribution in [2.24, 2.45) is 5.10 Å². The minimum absolute atomic E-state index is 0.136. The van der Waals surface area contributed by atoms with Crippen molar-refractivity contribution in [2.75, 3.05) is 30.9 Å². The molecular weight excluding hydrogens is 316 g/mol. The Labute approximate surface area is 146 Å². The average molecular weight is 336 g/mol. The van der Waals surface area contributed by atoms with Gasteiger partial charge in [0.15, 0.2) is 5.88 Å². The Hall–Kier alpha value is -3.28. The molecule has 0 unspecified atom stereocenters. The molecule has 0 aliphatic carbocycles. The summed E-state index contributed by atoms with van der Waals surface area (Å²) >= 11 is 0. The quantitative estimate of drug-likeness (QED) is 0.536. The molecule has 1 amide bonds. The number of hydrogen-bond donors (Lipinski definition) is 2. The van der Waals surface area contributed by atoms with Gasteiger partial charge in [-0.25, -0.2) is 5.43 Å². The van der Waals surface area contributed by atoms with Crippen LogP contribution in [0.4, 0.5) is 11.6 Å². The highest BCUT2D eigenvalue weighted by molar-refractivity contribution is 5.87. The van der Waals surface area contributed by atoms with Gasteiger partial charge in [-0.1, -0.05) is 30.3 Å². The Bertz CT molecular complexity index is 899. The third-order valence-electron chi connectivity index (χ3n) is 3.64. The minimum Gasteiger partial charge on any atom is -0.440 e. The maximum Gasteiger partial charge on any atom is 0.259 e. The van der Waals surface area contributed by atoms with Gasteiger partial charge in [0.1, 0.15) is 5.76 Å². The number of carbonyl (C=O) groups is 1. The Balaban J connectivity index is 1.50. The summed E-state index contributed by atoms with van der Waals surface area (Å²) in [6.45, 7) is 0.136. The van der Waals surface area contributed by atoms with E-state index in [0.29, 0.717) is 5.76 Å². The number of carbonyl (C=O) groups excluding carboxylic acids is 1. The highest BCUT2D eigenvalue weighted by atomic mass is 16.4. The summed E-state index contributed by atoms with van der Waals surface area (Å²) in [4.78, 5) is 13.7. The van der Waals surface area contributed by atoms with E-state index in [1.54, 1.807) is 6.07 Å². The number of nitrogens with one attached hydrogen (secondary N) is 2. The maximum absolute atomic E-state index is 11.9. The fourth-order valence-corrected chi connectivity index (χ4v) is 2.34. The molecule has 3 aromatic rings. The summed E-state index contributed by atoms with van der Waals surface area (Å²) in [5, 5.41) is 9.28. The molecule has 0 saturated carbocycles. The molecule has 0 bridgehead atoms. The average Bonchev–Trinajstić information content (AvgIpc) is 3.09. The third kappa shape index (κ3) is 4.38. The Morgan fingerprint density at radius 3 is 2.68 bits per heavy atom. The first-order chi connectivity index (χ1) is 12.1. The lowest BCUT2D eigenvalue weighted by molar-refractivity contribution is -0.119. The van der Waals surface area contributed by atoms with Crippen molar-refractivity contribution in [2.45, 2.75) is 0 Å². The first-order valence-electron chi connectivity index (χ1n) is 7.93.